The summed E-state index contributed by atoms with van der Waals surface area (Å²) in [6, 6.07) is 7.60. The van der Waals surface area contributed by atoms with Gasteiger partial charge in [0.15, 0.2) is 5.78 Å². The standard InChI is InChI=1S/C19H25N3O3/c1-12-5-7-16(8-6-12)17(9-10-23)20-18(25)11-22-14(3)19(15(4)24)13(2)21-22/h5-8,17,23H,9-11H2,1-4H3,(H,20,25). The van der Waals surface area contributed by atoms with Gasteiger partial charge >= 0.3 is 0 Å². The highest BCUT2D eigenvalue weighted by molar-refractivity contribution is 5.96. The van der Waals surface area contributed by atoms with Crippen molar-refractivity contribution in [3.05, 3.63) is 52.3 Å². The highest BCUT2D eigenvalue weighted by Crippen LogP contribution is 2.18. The highest BCUT2D eigenvalue weighted by Gasteiger charge is 2.19. The second-order valence-electron chi connectivity index (χ2n) is 6.30. The third-order valence-corrected chi connectivity index (χ3v) is 4.26. The van der Waals surface area contributed by atoms with E-state index in [1.165, 1.54) is 6.92 Å². The molecule has 0 saturated carbocycles. The zero-order valence-corrected chi connectivity index (χ0v) is 15.2. The van der Waals surface area contributed by atoms with E-state index in [1.807, 2.05) is 31.2 Å². The van der Waals surface area contributed by atoms with Crippen molar-refractivity contribution < 1.29 is 14.7 Å². The van der Waals surface area contributed by atoms with Crippen LogP contribution in [0.3, 0.4) is 0 Å². The topological polar surface area (TPSA) is 84.2 Å². The number of benzene rings is 1. The first-order chi connectivity index (χ1) is 11.8. The molecule has 1 atom stereocenters. The van der Waals surface area contributed by atoms with E-state index in [2.05, 4.69) is 10.4 Å². The number of hydrogen-bond acceptors (Lipinski definition) is 4. The van der Waals surface area contributed by atoms with Gasteiger partial charge in [-0.25, -0.2) is 0 Å². The minimum absolute atomic E-state index is 0.0206. The zero-order valence-electron chi connectivity index (χ0n) is 15.2. The molecule has 0 spiro atoms. The largest absolute Gasteiger partial charge is 0.396 e. The maximum Gasteiger partial charge on any atom is 0.242 e. The molecule has 1 unspecified atom stereocenters. The number of aliphatic hydroxyl groups is 1. The molecule has 134 valence electrons. The molecule has 0 bridgehead atoms. The van der Waals surface area contributed by atoms with E-state index in [0.29, 0.717) is 23.4 Å². The molecule has 0 aliphatic rings. The number of ketones is 1. The Morgan fingerprint density at radius 2 is 1.84 bits per heavy atom. The fourth-order valence-corrected chi connectivity index (χ4v) is 2.99. The van der Waals surface area contributed by atoms with Crippen LogP contribution in [0, 0.1) is 20.8 Å². The van der Waals surface area contributed by atoms with Crippen molar-refractivity contribution >= 4 is 11.7 Å². The molecular formula is C19H25N3O3. The molecule has 6 heteroatoms. The summed E-state index contributed by atoms with van der Waals surface area (Å²) in [6.45, 7) is 7.06. The lowest BCUT2D eigenvalue weighted by atomic mass is 10.0. The van der Waals surface area contributed by atoms with Crippen molar-refractivity contribution in [1.82, 2.24) is 15.1 Å². The Balaban J connectivity index is 2.13. The number of carbonyl (C=O) groups is 2. The average Bonchev–Trinajstić information content (AvgIpc) is 2.81. The lowest BCUT2D eigenvalue weighted by molar-refractivity contribution is -0.122. The van der Waals surface area contributed by atoms with Crippen molar-refractivity contribution in [3.63, 3.8) is 0 Å². The number of aryl methyl sites for hydroxylation is 2. The van der Waals surface area contributed by atoms with Crippen molar-refractivity contribution in [1.29, 1.82) is 0 Å². The fourth-order valence-electron chi connectivity index (χ4n) is 2.99. The molecule has 0 aliphatic heterocycles. The van der Waals surface area contributed by atoms with Gasteiger partial charge in [-0.2, -0.15) is 5.10 Å². The van der Waals surface area contributed by atoms with Crippen LogP contribution in [0.2, 0.25) is 0 Å². The van der Waals surface area contributed by atoms with Crippen LogP contribution in [-0.4, -0.2) is 33.2 Å². The predicted octanol–water partition coefficient (Wildman–Crippen LogP) is 2.25. The van der Waals surface area contributed by atoms with E-state index < -0.39 is 0 Å². The van der Waals surface area contributed by atoms with Gasteiger partial charge in [0.05, 0.1) is 17.3 Å². The Morgan fingerprint density at radius 1 is 1.20 bits per heavy atom. The molecule has 0 aliphatic carbocycles. The van der Waals surface area contributed by atoms with Crippen LogP contribution < -0.4 is 5.32 Å². The number of aromatic nitrogens is 2. The molecule has 1 heterocycles. The van der Waals surface area contributed by atoms with Crippen molar-refractivity contribution in [2.75, 3.05) is 6.61 Å². The Kier molecular flexibility index (Phi) is 6.09. The number of rotatable bonds is 7. The van der Waals surface area contributed by atoms with Gasteiger partial charge in [-0.05, 0) is 39.7 Å². The molecule has 2 N–H and O–H groups in total. The predicted molar refractivity (Wildman–Crippen MR) is 95.5 cm³/mol. The minimum atomic E-state index is -0.262. The molecule has 0 fully saturated rings. The van der Waals surface area contributed by atoms with Gasteiger partial charge in [-0.3, -0.25) is 14.3 Å². The maximum absolute atomic E-state index is 12.4. The summed E-state index contributed by atoms with van der Waals surface area (Å²) in [7, 11) is 0. The number of aliphatic hydroxyl groups excluding tert-OH is 1. The van der Waals surface area contributed by atoms with Gasteiger partial charge in [0.1, 0.15) is 6.54 Å². The fraction of sp³-hybridized carbons (Fsp3) is 0.421. The molecular weight excluding hydrogens is 318 g/mol. The van der Waals surface area contributed by atoms with Crippen LogP contribution in [0.15, 0.2) is 24.3 Å². The van der Waals surface area contributed by atoms with E-state index in [-0.39, 0.29) is 30.9 Å². The summed E-state index contributed by atoms with van der Waals surface area (Å²) in [6.07, 6.45) is 0.435. The van der Waals surface area contributed by atoms with Crippen LogP contribution >= 0.6 is 0 Å². The Bertz CT molecular complexity index is 763. The summed E-state index contributed by atoms with van der Waals surface area (Å²) in [5, 5.41) is 16.5. The molecule has 2 aromatic rings. The summed E-state index contributed by atoms with van der Waals surface area (Å²) >= 11 is 0. The second-order valence-corrected chi connectivity index (χ2v) is 6.30. The van der Waals surface area contributed by atoms with E-state index in [4.69, 9.17) is 0 Å². The van der Waals surface area contributed by atoms with Crippen molar-refractivity contribution in [2.24, 2.45) is 0 Å². The van der Waals surface area contributed by atoms with Gasteiger partial charge in [0.2, 0.25) is 5.91 Å². The third-order valence-electron chi connectivity index (χ3n) is 4.26. The zero-order chi connectivity index (χ0) is 18.6. The first-order valence-corrected chi connectivity index (χ1v) is 8.35. The summed E-state index contributed by atoms with van der Waals surface area (Å²) in [5.74, 6) is -0.265. The third kappa shape index (κ3) is 4.54. The summed E-state index contributed by atoms with van der Waals surface area (Å²) < 4.78 is 1.55. The first-order valence-electron chi connectivity index (χ1n) is 8.35. The number of carbonyl (C=O) groups excluding carboxylic acids is 2. The van der Waals surface area contributed by atoms with Gasteiger partial charge in [-0.15, -0.1) is 0 Å². The van der Waals surface area contributed by atoms with E-state index in [0.717, 1.165) is 11.1 Å². The Hall–Kier alpha value is -2.47. The van der Waals surface area contributed by atoms with Crippen LogP contribution in [0.5, 0.6) is 0 Å². The van der Waals surface area contributed by atoms with Gasteiger partial charge in [-0.1, -0.05) is 29.8 Å². The number of Topliss-reactive ketones (excluding diaryl/α,β-unsaturated/α-hetero) is 1. The molecule has 1 amide bonds. The average molecular weight is 343 g/mol. The number of amides is 1. The first kappa shape index (κ1) is 18.9. The highest BCUT2D eigenvalue weighted by atomic mass is 16.3. The summed E-state index contributed by atoms with van der Waals surface area (Å²) in [5.41, 5.74) is 3.97. The monoisotopic (exact) mass is 343 g/mol. The van der Waals surface area contributed by atoms with E-state index >= 15 is 0 Å². The van der Waals surface area contributed by atoms with Crippen LogP contribution in [0.25, 0.3) is 0 Å². The van der Waals surface area contributed by atoms with E-state index in [1.54, 1.807) is 18.5 Å². The molecule has 1 aromatic heterocycles. The van der Waals surface area contributed by atoms with Gasteiger partial charge < -0.3 is 10.4 Å². The SMILES string of the molecule is CC(=O)c1c(C)nn(CC(=O)NC(CCO)c2ccc(C)cc2)c1C. The van der Waals surface area contributed by atoms with Crippen molar-refractivity contribution in [2.45, 2.75) is 46.7 Å². The van der Waals surface area contributed by atoms with Crippen LogP contribution in [0.1, 0.15) is 52.3 Å². The number of nitrogens with zero attached hydrogens (tertiary/aromatic N) is 2. The van der Waals surface area contributed by atoms with Gasteiger partial charge in [0.25, 0.3) is 0 Å². The quantitative estimate of drug-likeness (QED) is 0.755. The Morgan fingerprint density at radius 3 is 2.36 bits per heavy atom. The van der Waals surface area contributed by atoms with E-state index in [9.17, 15) is 14.7 Å². The smallest absolute Gasteiger partial charge is 0.242 e. The summed E-state index contributed by atoms with van der Waals surface area (Å²) in [4.78, 5) is 24.1. The molecule has 6 nitrogen and oxygen atoms in total. The normalized spacial score (nSPS) is 12.0. The molecule has 0 saturated heterocycles. The van der Waals surface area contributed by atoms with Crippen LogP contribution in [0.4, 0.5) is 0 Å². The van der Waals surface area contributed by atoms with Crippen LogP contribution in [-0.2, 0) is 11.3 Å². The molecule has 1 aromatic carbocycles. The number of nitrogens with one attached hydrogen (secondary N) is 1. The second kappa shape index (κ2) is 8.07. The molecule has 0 radical (unpaired) electrons. The minimum Gasteiger partial charge on any atom is -0.396 e. The lowest BCUT2D eigenvalue weighted by Crippen LogP contribution is -2.32. The Labute approximate surface area is 147 Å². The molecule has 25 heavy (non-hydrogen) atoms. The lowest BCUT2D eigenvalue weighted by Gasteiger charge is -2.19. The maximum atomic E-state index is 12.4. The van der Waals surface area contributed by atoms with Crippen molar-refractivity contribution in [3.8, 4) is 0 Å². The number of hydrogen-bond donors (Lipinski definition) is 2. The molecule has 2 rings (SSSR count). The van der Waals surface area contributed by atoms with Gasteiger partial charge in [0, 0.05) is 12.3 Å².